The Labute approximate surface area is 222 Å². The van der Waals surface area contributed by atoms with Crippen molar-refractivity contribution in [2.24, 2.45) is 0 Å². The fraction of sp³-hybridized carbons (Fsp3) is 0.483. The number of hydrogen-bond donors (Lipinski definition) is 1. The summed E-state index contributed by atoms with van der Waals surface area (Å²) in [5.74, 6) is 0.273. The van der Waals surface area contributed by atoms with Crippen LogP contribution in [0.2, 0.25) is 0 Å². The number of hydrogen-bond acceptors (Lipinski definition) is 8. The van der Waals surface area contributed by atoms with Crippen LogP contribution in [0.1, 0.15) is 24.0 Å². The molecule has 2 saturated heterocycles. The van der Waals surface area contributed by atoms with Crippen LogP contribution < -0.4 is 4.90 Å². The molecule has 2 fully saturated rings. The van der Waals surface area contributed by atoms with Gasteiger partial charge in [0.15, 0.2) is 0 Å². The second-order valence-corrected chi connectivity index (χ2v) is 9.88. The first-order valence-corrected chi connectivity index (χ1v) is 13.4. The molecule has 8 nitrogen and oxygen atoms in total. The maximum absolute atomic E-state index is 14.9. The first-order chi connectivity index (χ1) is 18.7. The number of benzene rings is 2. The van der Waals surface area contributed by atoms with Crippen LogP contribution in [0.15, 0.2) is 59.1 Å². The number of aliphatic hydroxyl groups is 1. The van der Waals surface area contributed by atoms with Gasteiger partial charge < -0.3 is 28.7 Å². The summed E-state index contributed by atoms with van der Waals surface area (Å²) < 4.78 is 38.0. The SMILES string of the molecule is OC(COCc1ccccc1)CN(Cc1c(-c2ccccc2F)noc1N1CCOCC1)CC1CCCO1. The minimum absolute atomic E-state index is 0.0797. The molecular weight excluding hydrogens is 489 g/mol. The number of morpholine rings is 1. The van der Waals surface area contributed by atoms with Gasteiger partial charge in [0.2, 0.25) is 5.88 Å². The van der Waals surface area contributed by atoms with Crippen molar-refractivity contribution in [2.45, 2.75) is 38.2 Å². The van der Waals surface area contributed by atoms with Crippen LogP contribution in [0, 0.1) is 5.82 Å². The van der Waals surface area contributed by atoms with Gasteiger partial charge in [-0.25, -0.2) is 4.39 Å². The summed E-state index contributed by atoms with van der Waals surface area (Å²) in [6, 6.07) is 16.5. The number of ether oxygens (including phenoxy) is 3. The zero-order valence-corrected chi connectivity index (χ0v) is 21.6. The Morgan fingerprint density at radius 1 is 1.08 bits per heavy atom. The lowest BCUT2D eigenvalue weighted by atomic mass is 10.1. The number of nitrogens with zero attached hydrogens (tertiary/aromatic N) is 3. The van der Waals surface area contributed by atoms with Crippen molar-refractivity contribution in [1.82, 2.24) is 10.1 Å². The summed E-state index contributed by atoms with van der Waals surface area (Å²) in [5.41, 5.74) is 2.74. The van der Waals surface area contributed by atoms with Gasteiger partial charge in [-0.2, -0.15) is 0 Å². The Hall–Kier alpha value is -2.82. The largest absolute Gasteiger partial charge is 0.389 e. The van der Waals surface area contributed by atoms with Crippen LogP contribution in [-0.2, 0) is 27.4 Å². The molecule has 2 aromatic carbocycles. The van der Waals surface area contributed by atoms with Crippen molar-refractivity contribution in [2.75, 3.05) is 57.5 Å². The summed E-state index contributed by atoms with van der Waals surface area (Å²) in [6.07, 6.45) is 1.37. The maximum Gasteiger partial charge on any atom is 0.232 e. The van der Waals surface area contributed by atoms with Crippen molar-refractivity contribution < 1.29 is 28.2 Å². The predicted molar refractivity (Wildman–Crippen MR) is 141 cm³/mol. The van der Waals surface area contributed by atoms with E-state index >= 15 is 0 Å². The lowest BCUT2D eigenvalue weighted by molar-refractivity contribution is -0.00286. The van der Waals surface area contributed by atoms with E-state index in [0.717, 1.165) is 30.6 Å². The van der Waals surface area contributed by atoms with Gasteiger partial charge in [0.25, 0.3) is 0 Å². The second kappa shape index (κ2) is 13.3. The Morgan fingerprint density at radius 2 is 1.87 bits per heavy atom. The summed E-state index contributed by atoms with van der Waals surface area (Å²) in [5, 5.41) is 15.2. The van der Waals surface area contributed by atoms with Gasteiger partial charge >= 0.3 is 0 Å². The molecule has 9 heteroatoms. The van der Waals surface area contributed by atoms with E-state index in [1.54, 1.807) is 18.2 Å². The minimum atomic E-state index is -0.705. The van der Waals surface area contributed by atoms with Gasteiger partial charge in [-0.3, -0.25) is 4.90 Å². The number of aromatic nitrogens is 1. The Balaban J connectivity index is 1.35. The Morgan fingerprint density at radius 3 is 2.63 bits per heavy atom. The molecule has 204 valence electrons. The third-order valence-corrected chi connectivity index (χ3v) is 6.95. The molecule has 2 aliphatic heterocycles. The molecular formula is C29H36FN3O5. The third-order valence-electron chi connectivity index (χ3n) is 6.95. The van der Waals surface area contributed by atoms with E-state index in [9.17, 15) is 9.50 Å². The van der Waals surface area contributed by atoms with E-state index in [2.05, 4.69) is 15.0 Å². The molecule has 0 radical (unpaired) electrons. The Bertz CT molecular complexity index is 1130. The molecule has 1 aromatic heterocycles. The van der Waals surface area contributed by atoms with E-state index in [4.69, 9.17) is 18.7 Å². The van der Waals surface area contributed by atoms with Crippen molar-refractivity contribution >= 4 is 5.88 Å². The van der Waals surface area contributed by atoms with E-state index in [1.807, 2.05) is 30.3 Å². The predicted octanol–water partition coefficient (Wildman–Crippen LogP) is 3.88. The molecule has 5 rings (SSSR count). The highest BCUT2D eigenvalue weighted by Gasteiger charge is 2.29. The molecule has 2 atom stereocenters. The smallest absolute Gasteiger partial charge is 0.232 e. The highest BCUT2D eigenvalue weighted by molar-refractivity contribution is 5.69. The summed E-state index contributed by atoms with van der Waals surface area (Å²) in [7, 11) is 0. The zero-order valence-electron chi connectivity index (χ0n) is 21.6. The van der Waals surface area contributed by atoms with E-state index < -0.39 is 6.10 Å². The van der Waals surface area contributed by atoms with Gasteiger partial charge in [-0.05, 0) is 30.5 Å². The van der Waals surface area contributed by atoms with Crippen LogP contribution in [0.4, 0.5) is 10.3 Å². The van der Waals surface area contributed by atoms with Gasteiger partial charge in [-0.1, -0.05) is 47.6 Å². The first-order valence-electron chi connectivity index (χ1n) is 13.4. The molecule has 2 unspecified atom stereocenters. The second-order valence-electron chi connectivity index (χ2n) is 9.88. The molecule has 0 spiro atoms. The molecule has 3 aromatic rings. The molecule has 0 aliphatic carbocycles. The van der Waals surface area contributed by atoms with Gasteiger partial charge in [0.1, 0.15) is 11.5 Å². The van der Waals surface area contributed by atoms with E-state index in [-0.39, 0.29) is 18.5 Å². The van der Waals surface area contributed by atoms with Crippen molar-refractivity contribution in [1.29, 1.82) is 0 Å². The van der Waals surface area contributed by atoms with Gasteiger partial charge in [0.05, 0.1) is 44.2 Å². The topological polar surface area (TPSA) is 80.4 Å². The standard InChI is InChI=1S/C29H36FN3O5/c30-27-11-5-4-10-25(27)28-26(29(38-31-28)33-12-15-35-16-13-33)19-32(18-24-9-6-14-37-24)17-23(34)21-36-20-22-7-2-1-3-8-22/h1-5,7-8,10-11,23-24,34H,6,9,12-21H2. The van der Waals surface area contributed by atoms with Crippen LogP contribution in [-0.4, -0.2) is 80.0 Å². The minimum Gasteiger partial charge on any atom is -0.389 e. The highest BCUT2D eigenvalue weighted by atomic mass is 19.1. The monoisotopic (exact) mass is 525 g/mol. The number of rotatable bonds is 12. The third kappa shape index (κ3) is 6.98. The van der Waals surface area contributed by atoms with E-state index in [0.29, 0.717) is 69.7 Å². The number of halogens is 1. The number of aliphatic hydroxyl groups excluding tert-OH is 1. The quantitative estimate of drug-likeness (QED) is 0.382. The average Bonchev–Trinajstić information content (AvgIpc) is 3.60. The number of anilines is 1. The molecule has 2 aliphatic rings. The van der Waals surface area contributed by atoms with Crippen molar-refractivity contribution in [3.8, 4) is 11.3 Å². The van der Waals surface area contributed by atoms with Gasteiger partial charge in [-0.15, -0.1) is 0 Å². The summed E-state index contributed by atoms with van der Waals surface area (Å²) in [6.45, 7) is 5.34. The molecule has 0 bridgehead atoms. The zero-order chi connectivity index (χ0) is 26.2. The average molecular weight is 526 g/mol. The fourth-order valence-electron chi connectivity index (χ4n) is 5.06. The molecule has 0 saturated carbocycles. The van der Waals surface area contributed by atoms with Crippen LogP contribution >= 0.6 is 0 Å². The molecule has 3 heterocycles. The summed E-state index contributed by atoms with van der Waals surface area (Å²) >= 11 is 0. The van der Waals surface area contributed by atoms with E-state index in [1.165, 1.54) is 6.07 Å². The molecule has 38 heavy (non-hydrogen) atoms. The Kier molecular flexibility index (Phi) is 9.37. The first kappa shape index (κ1) is 26.8. The van der Waals surface area contributed by atoms with Crippen molar-refractivity contribution in [3.63, 3.8) is 0 Å². The highest BCUT2D eigenvalue weighted by Crippen LogP contribution is 2.34. The summed E-state index contributed by atoms with van der Waals surface area (Å²) in [4.78, 5) is 4.24. The molecule has 1 N–H and O–H groups in total. The van der Waals surface area contributed by atoms with Crippen LogP contribution in [0.25, 0.3) is 11.3 Å². The molecule has 0 amide bonds. The maximum atomic E-state index is 14.9. The van der Waals surface area contributed by atoms with Crippen LogP contribution in [0.5, 0.6) is 0 Å². The lowest BCUT2D eigenvalue weighted by Crippen LogP contribution is -2.40. The van der Waals surface area contributed by atoms with Crippen LogP contribution in [0.3, 0.4) is 0 Å². The van der Waals surface area contributed by atoms with Gasteiger partial charge in [0, 0.05) is 44.9 Å². The normalized spacial score (nSPS) is 18.8. The fourth-order valence-corrected chi connectivity index (χ4v) is 5.06. The lowest BCUT2D eigenvalue weighted by Gasteiger charge is -2.30. The van der Waals surface area contributed by atoms with Crippen molar-refractivity contribution in [3.05, 3.63) is 71.5 Å².